The molecule has 144 valence electrons. The number of pyridine rings is 1. The van der Waals surface area contributed by atoms with Gasteiger partial charge in [0.1, 0.15) is 0 Å². The van der Waals surface area contributed by atoms with E-state index in [9.17, 15) is 18.0 Å². The monoisotopic (exact) mass is 394 g/mol. The van der Waals surface area contributed by atoms with E-state index >= 15 is 0 Å². The van der Waals surface area contributed by atoms with Crippen molar-refractivity contribution < 1.29 is 13.2 Å². The predicted molar refractivity (Wildman–Crippen MR) is 104 cm³/mol. The molecule has 0 amide bonds. The van der Waals surface area contributed by atoms with Crippen LogP contribution in [0.3, 0.4) is 0 Å². The maximum Gasteiger partial charge on any atom is 0.416 e. The Kier molecular flexibility index (Phi) is 4.67. The summed E-state index contributed by atoms with van der Waals surface area (Å²) in [5.41, 5.74) is -0.186. The van der Waals surface area contributed by atoms with Crippen LogP contribution in [0, 0.1) is 0 Å². The SMILES string of the molecule is O=c1c2ccccc2nc(-c2cccc(C(F)(F)F)c2)n1N=Cc1cccnc1. The van der Waals surface area contributed by atoms with Crippen LogP contribution < -0.4 is 5.56 Å². The molecule has 0 aliphatic heterocycles. The average molecular weight is 394 g/mol. The summed E-state index contributed by atoms with van der Waals surface area (Å²) in [4.78, 5) is 21.4. The molecular weight excluding hydrogens is 381 g/mol. The van der Waals surface area contributed by atoms with E-state index < -0.39 is 17.3 Å². The number of rotatable bonds is 3. The van der Waals surface area contributed by atoms with Gasteiger partial charge in [0.25, 0.3) is 5.56 Å². The van der Waals surface area contributed by atoms with E-state index in [2.05, 4.69) is 15.1 Å². The van der Waals surface area contributed by atoms with Crippen LogP contribution >= 0.6 is 0 Å². The number of aromatic nitrogens is 3. The molecule has 4 rings (SSSR count). The normalized spacial score (nSPS) is 12.0. The van der Waals surface area contributed by atoms with Gasteiger partial charge < -0.3 is 0 Å². The van der Waals surface area contributed by atoms with Gasteiger partial charge in [0, 0.05) is 23.5 Å². The Morgan fingerprint density at radius 3 is 2.59 bits per heavy atom. The van der Waals surface area contributed by atoms with Gasteiger partial charge in [-0.2, -0.15) is 22.9 Å². The number of halogens is 3. The molecule has 2 aromatic carbocycles. The van der Waals surface area contributed by atoms with Crippen molar-refractivity contribution in [3.8, 4) is 11.4 Å². The van der Waals surface area contributed by atoms with Crippen molar-refractivity contribution in [2.45, 2.75) is 6.18 Å². The number of benzene rings is 2. The number of hydrogen-bond donors (Lipinski definition) is 0. The number of alkyl halides is 3. The summed E-state index contributed by atoms with van der Waals surface area (Å²) < 4.78 is 40.5. The van der Waals surface area contributed by atoms with Gasteiger partial charge in [0.2, 0.25) is 0 Å². The van der Waals surface area contributed by atoms with Crippen LogP contribution in [0.25, 0.3) is 22.3 Å². The van der Waals surface area contributed by atoms with E-state index in [4.69, 9.17) is 0 Å². The highest BCUT2D eigenvalue weighted by molar-refractivity contribution is 5.81. The van der Waals surface area contributed by atoms with Crippen molar-refractivity contribution in [3.63, 3.8) is 0 Å². The Morgan fingerprint density at radius 1 is 1.00 bits per heavy atom. The fraction of sp³-hybridized carbons (Fsp3) is 0.0476. The minimum absolute atomic E-state index is 0.0138. The number of fused-ring (bicyclic) bond motifs is 1. The third kappa shape index (κ3) is 3.77. The van der Waals surface area contributed by atoms with E-state index in [1.54, 1.807) is 48.8 Å². The van der Waals surface area contributed by atoms with Crippen molar-refractivity contribution in [1.82, 2.24) is 14.6 Å². The Morgan fingerprint density at radius 2 is 1.83 bits per heavy atom. The van der Waals surface area contributed by atoms with Crippen LogP contribution in [-0.2, 0) is 6.18 Å². The van der Waals surface area contributed by atoms with Crippen molar-refractivity contribution >= 4 is 17.1 Å². The number of para-hydroxylation sites is 1. The second-order valence-electron chi connectivity index (χ2n) is 6.18. The summed E-state index contributed by atoms with van der Waals surface area (Å²) in [6, 6.07) is 14.7. The zero-order chi connectivity index (χ0) is 20.4. The smallest absolute Gasteiger partial charge is 0.267 e. The van der Waals surface area contributed by atoms with Crippen molar-refractivity contribution in [3.05, 3.63) is 94.5 Å². The molecule has 5 nitrogen and oxygen atoms in total. The highest BCUT2D eigenvalue weighted by Crippen LogP contribution is 2.31. The zero-order valence-electron chi connectivity index (χ0n) is 14.8. The van der Waals surface area contributed by atoms with Gasteiger partial charge in [0.15, 0.2) is 5.82 Å². The molecule has 0 bridgehead atoms. The highest BCUT2D eigenvalue weighted by atomic mass is 19.4. The standard InChI is InChI=1S/C21H13F3N4O/c22-21(23,24)16-7-3-6-15(11-16)19-27-18-9-2-1-8-17(18)20(29)28(19)26-13-14-5-4-10-25-12-14/h1-13H. The summed E-state index contributed by atoms with van der Waals surface area (Å²) in [7, 11) is 0. The largest absolute Gasteiger partial charge is 0.416 e. The van der Waals surface area contributed by atoms with Crippen molar-refractivity contribution in [1.29, 1.82) is 0 Å². The van der Waals surface area contributed by atoms with Crippen LogP contribution in [0.5, 0.6) is 0 Å². The van der Waals surface area contributed by atoms with E-state index in [0.29, 0.717) is 16.5 Å². The molecule has 29 heavy (non-hydrogen) atoms. The van der Waals surface area contributed by atoms with Crippen molar-refractivity contribution in [2.24, 2.45) is 5.10 Å². The summed E-state index contributed by atoms with van der Waals surface area (Å²) in [6.07, 6.45) is 0.0288. The fourth-order valence-corrected chi connectivity index (χ4v) is 2.83. The third-order valence-electron chi connectivity index (χ3n) is 4.21. The van der Waals surface area contributed by atoms with Crippen LogP contribution in [0.2, 0.25) is 0 Å². The average Bonchev–Trinajstić information content (AvgIpc) is 2.73. The Hall–Kier alpha value is -3.81. The van der Waals surface area contributed by atoms with Gasteiger partial charge in [-0.3, -0.25) is 9.78 Å². The highest BCUT2D eigenvalue weighted by Gasteiger charge is 2.30. The minimum Gasteiger partial charge on any atom is -0.267 e. The first-order valence-corrected chi connectivity index (χ1v) is 8.57. The number of nitrogens with zero attached hydrogens (tertiary/aromatic N) is 4. The molecule has 2 aromatic heterocycles. The second-order valence-corrected chi connectivity index (χ2v) is 6.18. The molecule has 0 fully saturated rings. The Bertz CT molecular complexity index is 1260. The third-order valence-corrected chi connectivity index (χ3v) is 4.21. The second kappa shape index (κ2) is 7.31. The van der Waals surface area contributed by atoms with E-state index in [1.807, 2.05) is 0 Å². The predicted octanol–water partition coefficient (Wildman–Crippen LogP) is 4.36. The maximum atomic E-state index is 13.2. The summed E-state index contributed by atoms with van der Waals surface area (Å²) in [5, 5.41) is 4.50. The van der Waals surface area contributed by atoms with Crippen LogP contribution in [-0.4, -0.2) is 20.9 Å². The number of hydrogen-bond acceptors (Lipinski definition) is 4. The molecule has 0 unspecified atom stereocenters. The molecule has 2 heterocycles. The fourth-order valence-electron chi connectivity index (χ4n) is 2.83. The molecule has 4 aromatic rings. The maximum absolute atomic E-state index is 13.2. The summed E-state index contributed by atoms with van der Waals surface area (Å²) in [6.45, 7) is 0. The first-order chi connectivity index (χ1) is 13.9. The topological polar surface area (TPSA) is 60.1 Å². The van der Waals surface area contributed by atoms with Gasteiger partial charge in [-0.1, -0.05) is 30.3 Å². The molecule has 0 aliphatic carbocycles. The van der Waals surface area contributed by atoms with Crippen molar-refractivity contribution in [2.75, 3.05) is 0 Å². The van der Waals surface area contributed by atoms with Crippen LogP contribution in [0.1, 0.15) is 11.1 Å². The summed E-state index contributed by atoms with van der Waals surface area (Å²) >= 11 is 0. The molecule has 8 heteroatoms. The van der Waals surface area contributed by atoms with Gasteiger partial charge >= 0.3 is 6.18 Å². The van der Waals surface area contributed by atoms with Gasteiger partial charge in [-0.25, -0.2) is 4.98 Å². The lowest BCUT2D eigenvalue weighted by molar-refractivity contribution is -0.137. The molecule has 0 saturated carbocycles. The van der Waals surface area contributed by atoms with Crippen LogP contribution in [0.4, 0.5) is 13.2 Å². The zero-order valence-corrected chi connectivity index (χ0v) is 14.8. The Labute approximate surface area is 162 Å². The molecule has 0 atom stereocenters. The molecular formula is C21H13F3N4O. The molecule has 0 saturated heterocycles. The first kappa shape index (κ1) is 18.5. The quantitative estimate of drug-likeness (QED) is 0.485. The molecule has 0 radical (unpaired) electrons. The van der Waals surface area contributed by atoms with E-state index in [1.165, 1.54) is 18.3 Å². The van der Waals surface area contributed by atoms with Gasteiger partial charge in [-0.15, -0.1) is 0 Å². The van der Waals surface area contributed by atoms with E-state index in [-0.39, 0.29) is 11.4 Å². The van der Waals surface area contributed by atoms with Crippen LogP contribution in [0.15, 0.2) is 83.0 Å². The first-order valence-electron chi connectivity index (χ1n) is 8.57. The van der Waals surface area contributed by atoms with Gasteiger partial charge in [0.05, 0.1) is 22.7 Å². The lowest BCUT2D eigenvalue weighted by Gasteiger charge is -2.12. The molecule has 0 spiro atoms. The molecule has 0 aliphatic rings. The summed E-state index contributed by atoms with van der Waals surface area (Å²) in [5.74, 6) is 0.0138. The lowest BCUT2D eigenvalue weighted by Crippen LogP contribution is -2.20. The minimum atomic E-state index is -4.52. The molecule has 0 N–H and O–H groups in total. The van der Waals surface area contributed by atoms with Gasteiger partial charge in [-0.05, 0) is 30.3 Å². The Balaban J connectivity index is 1.95. The lowest BCUT2D eigenvalue weighted by atomic mass is 10.1. The van der Waals surface area contributed by atoms with E-state index in [0.717, 1.165) is 16.8 Å².